The molecule has 0 spiro atoms. The molecule has 5 heteroatoms. The minimum Gasteiger partial charge on any atom is -0.298 e. The van der Waals surface area contributed by atoms with E-state index >= 15 is 0 Å². The number of hydrogen-bond donors (Lipinski definition) is 2. The molecule has 2 rings (SSSR count). The number of halogens is 2. The molecule has 2 N–H and O–H groups in total. The Hall–Kier alpha value is -2.33. The molecule has 0 aromatic heterocycles. The second-order valence-corrected chi connectivity index (χ2v) is 4.48. The standard InChI is InChI=1S/C15H12ClFN2O/c1-10(11-6-8-12(16)9-7-11)18-19-15(20)13-4-2-3-5-14(13)17/h2-9,18H,1H2,(H,19,20). The summed E-state index contributed by atoms with van der Waals surface area (Å²) < 4.78 is 13.4. The predicted octanol–water partition coefficient (Wildman–Crippen LogP) is 3.38. The molecule has 20 heavy (non-hydrogen) atoms. The third kappa shape index (κ3) is 3.36. The molecule has 2 aromatic rings. The molecule has 0 unspecified atom stereocenters. The number of benzene rings is 2. The van der Waals surface area contributed by atoms with Crippen LogP contribution in [-0.4, -0.2) is 5.91 Å². The van der Waals surface area contributed by atoms with Crippen molar-refractivity contribution >= 4 is 23.2 Å². The SMILES string of the molecule is C=C(NNC(=O)c1ccccc1F)c1ccc(Cl)cc1. The normalized spacial score (nSPS) is 9.90. The summed E-state index contributed by atoms with van der Waals surface area (Å²) in [6, 6.07) is 12.7. The van der Waals surface area contributed by atoms with Gasteiger partial charge in [-0.05, 0) is 29.8 Å². The van der Waals surface area contributed by atoms with Crippen LogP contribution in [0.3, 0.4) is 0 Å². The maximum Gasteiger partial charge on any atom is 0.272 e. The lowest BCUT2D eigenvalue weighted by Crippen LogP contribution is -2.36. The molecule has 0 saturated heterocycles. The first-order valence-electron chi connectivity index (χ1n) is 5.83. The molecule has 0 radical (unpaired) electrons. The number of hydrazine groups is 1. The van der Waals surface area contributed by atoms with Crippen molar-refractivity contribution in [1.29, 1.82) is 0 Å². The Kier molecular flexibility index (Phi) is 4.38. The van der Waals surface area contributed by atoms with Gasteiger partial charge in [0, 0.05) is 5.02 Å². The zero-order valence-corrected chi connectivity index (χ0v) is 11.2. The third-order valence-electron chi connectivity index (χ3n) is 2.64. The van der Waals surface area contributed by atoms with Gasteiger partial charge in [-0.15, -0.1) is 0 Å². The first-order chi connectivity index (χ1) is 9.58. The zero-order chi connectivity index (χ0) is 14.5. The lowest BCUT2D eigenvalue weighted by Gasteiger charge is -2.11. The molecule has 0 aliphatic heterocycles. The van der Waals surface area contributed by atoms with Crippen molar-refractivity contribution in [2.24, 2.45) is 0 Å². The predicted molar refractivity (Wildman–Crippen MR) is 77.5 cm³/mol. The van der Waals surface area contributed by atoms with Gasteiger partial charge in [-0.2, -0.15) is 0 Å². The van der Waals surface area contributed by atoms with E-state index in [1.54, 1.807) is 30.3 Å². The maximum absolute atomic E-state index is 13.4. The number of carbonyl (C=O) groups is 1. The van der Waals surface area contributed by atoms with E-state index in [2.05, 4.69) is 17.4 Å². The van der Waals surface area contributed by atoms with Crippen molar-refractivity contribution in [2.75, 3.05) is 0 Å². The van der Waals surface area contributed by atoms with Crippen molar-refractivity contribution in [1.82, 2.24) is 10.9 Å². The summed E-state index contributed by atoms with van der Waals surface area (Å²) in [6.07, 6.45) is 0. The van der Waals surface area contributed by atoms with E-state index < -0.39 is 11.7 Å². The van der Waals surface area contributed by atoms with E-state index in [0.717, 1.165) is 5.56 Å². The summed E-state index contributed by atoms with van der Waals surface area (Å²) in [7, 11) is 0. The maximum atomic E-state index is 13.4. The third-order valence-corrected chi connectivity index (χ3v) is 2.89. The fourth-order valence-corrected chi connectivity index (χ4v) is 1.69. The summed E-state index contributed by atoms with van der Waals surface area (Å²) in [5.41, 5.74) is 6.24. The number of nitrogens with one attached hydrogen (secondary N) is 2. The summed E-state index contributed by atoms with van der Waals surface area (Å²) in [4.78, 5) is 11.8. The van der Waals surface area contributed by atoms with Crippen LogP contribution in [0.25, 0.3) is 5.70 Å². The Labute approximate surface area is 121 Å². The van der Waals surface area contributed by atoms with Gasteiger partial charge in [0.25, 0.3) is 5.91 Å². The summed E-state index contributed by atoms with van der Waals surface area (Å²) in [5, 5.41) is 0.608. The Morgan fingerprint density at radius 3 is 2.35 bits per heavy atom. The van der Waals surface area contributed by atoms with Crippen LogP contribution in [0.5, 0.6) is 0 Å². The van der Waals surface area contributed by atoms with Gasteiger partial charge in [0.15, 0.2) is 0 Å². The van der Waals surface area contributed by atoms with Gasteiger partial charge in [-0.3, -0.25) is 15.6 Å². The first kappa shape index (κ1) is 14.1. The van der Waals surface area contributed by atoms with Crippen molar-refractivity contribution in [3.8, 4) is 0 Å². The van der Waals surface area contributed by atoms with Crippen molar-refractivity contribution in [2.45, 2.75) is 0 Å². The smallest absolute Gasteiger partial charge is 0.272 e. The number of carbonyl (C=O) groups excluding carboxylic acids is 1. The summed E-state index contributed by atoms with van der Waals surface area (Å²) in [5.74, 6) is -1.15. The van der Waals surface area contributed by atoms with Crippen LogP contribution in [0.1, 0.15) is 15.9 Å². The highest BCUT2D eigenvalue weighted by Crippen LogP contribution is 2.14. The minimum atomic E-state index is -0.580. The van der Waals surface area contributed by atoms with E-state index in [4.69, 9.17) is 11.6 Å². The lowest BCUT2D eigenvalue weighted by atomic mass is 10.2. The number of hydrogen-bond acceptors (Lipinski definition) is 2. The molecule has 1 amide bonds. The Morgan fingerprint density at radius 1 is 1.05 bits per heavy atom. The summed E-state index contributed by atoms with van der Waals surface area (Å²) in [6.45, 7) is 3.78. The molecule has 0 bridgehead atoms. The van der Waals surface area contributed by atoms with E-state index in [0.29, 0.717) is 10.7 Å². The van der Waals surface area contributed by atoms with Crippen LogP contribution in [0, 0.1) is 5.82 Å². The van der Waals surface area contributed by atoms with Gasteiger partial charge in [0.2, 0.25) is 0 Å². The highest BCUT2D eigenvalue weighted by atomic mass is 35.5. The van der Waals surface area contributed by atoms with E-state index in [-0.39, 0.29) is 5.56 Å². The fraction of sp³-hybridized carbons (Fsp3) is 0. The molecular formula is C15H12ClFN2O. The van der Waals surface area contributed by atoms with Gasteiger partial charge in [0.1, 0.15) is 5.82 Å². The van der Waals surface area contributed by atoms with Crippen LogP contribution in [0.15, 0.2) is 55.1 Å². The molecule has 0 heterocycles. The van der Waals surface area contributed by atoms with Gasteiger partial charge in [-0.1, -0.05) is 42.4 Å². The van der Waals surface area contributed by atoms with Gasteiger partial charge in [-0.25, -0.2) is 4.39 Å². The Bertz CT molecular complexity index is 641. The largest absolute Gasteiger partial charge is 0.298 e. The highest BCUT2D eigenvalue weighted by Gasteiger charge is 2.10. The second kappa shape index (κ2) is 6.21. The topological polar surface area (TPSA) is 41.1 Å². The van der Waals surface area contributed by atoms with Crippen molar-refractivity contribution < 1.29 is 9.18 Å². The zero-order valence-electron chi connectivity index (χ0n) is 10.5. The van der Waals surface area contributed by atoms with Gasteiger partial charge < -0.3 is 0 Å². The molecule has 0 aliphatic carbocycles. The monoisotopic (exact) mass is 290 g/mol. The first-order valence-corrected chi connectivity index (χ1v) is 6.21. The van der Waals surface area contributed by atoms with E-state index in [1.807, 2.05) is 0 Å². The number of amides is 1. The van der Waals surface area contributed by atoms with Gasteiger partial charge >= 0.3 is 0 Å². The molecule has 0 atom stereocenters. The van der Waals surface area contributed by atoms with Crippen LogP contribution in [0.2, 0.25) is 5.02 Å². The Morgan fingerprint density at radius 2 is 1.70 bits per heavy atom. The average molecular weight is 291 g/mol. The van der Waals surface area contributed by atoms with Gasteiger partial charge in [0.05, 0.1) is 11.3 Å². The van der Waals surface area contributed by atoms with Crippen LogP contribution in [0.4, 0.5) is 4.39 Å². The minimum absolute atomic E-state index is 0.0380. The molecule has 0 fully saturated rings. The van der Waals surface area contributed by atoms with Crippen molar-refractivity contribution in [3.05, 3.63) is 77.1 Å². The Balaban J connectivity index is 1.99. The fourth-order valence-electron chi connectivity index (χ4n) is 1.57. The molecular weight excluding hydrogens is 279 g/mol. The quantitative estimate of drug-likeness (QED) is 0.848. The second-order valence-electron chi connectivity index (χ2n) is 4.04. The molecule has 2 aromatic carbocycles. The molecule has 3 nitrogen and oxygen atoms in total. The highest BCUT2D eigenvalue weighted by molar-refractivity contribution is 6.30. The molecule has 0 aliphatic rings. The average Bonchev–Trinajstić information content (AvgIpc) is 2.45. The number of rotatable bonds is 4. The van der Waals surface area contributed by atoms with E-state index in [9.17, 15) is 9.18 Å². The van der Waals surface area contributed by atoms with Crippen LogP contribution >= 0.6 is 11.6 Å². The van der Waals surface area contributed by atoms with Crippen LogP contribution in [-0.2, 0) is 0 Å². The lowest BCUT2D eigenvalue weighted by molar-refractivity contribution is 0.0938. The molecule has 0 saturated carbocycles. The summed E-state index contributed by atoms with van der Waals surface area (Å²) >= 11 is 5.78. The van der Waals surface area contributed by atoms with E-state index in [1.165, 1.54) is 18.2 Å². The van der Waals surface area contributed by atoms with Crippen molar-refractivity contribution in [3.63, 3.8) is 0 Å². The molecule has 102 valence electrons. The van der Waals surface area contributed by atoms with Crippen LogP contribution < -0.4 is 10.9 Å².